The van der Waals surface area contributed by atoms with Crippen molar-refractivity contribution in [1.82, 2.24) is 0 Å². The smallest absolute Gasteiger partial charge is 0.268 e. The molecule has 0 saturated carbocycles. The van der Waals surface area contributed by atoms with Gasteiger partial charge in [0.05, 0.1) is 0 Å². The molecule has 1 N–H and O–H groups in total. The molecule has 0 aliphatic carbocycles. The number of hydrogen-bond donors (Lipinski definition) is 1. The van der Waals surface area contributed by atoms with Gasteiger partial charge in [-0.15, -0.1) is 0 Å². The van der Waals surface area contributed by atoms with Gasteiger partial charge in [-0.25, -0.2) is 0 Å². The molecule has 1 heterocycles. The lowest BCUT2D eigenvalue weighted by Gasteiger charge is -2.36. The zero-order chi connectivity index (χ0) is 19.8. The van der Waals surface area contributed by atoms with E-state index in [0.717, 1.165) is 30.6 Å². The van der Waals surface area contributed by atoms with Crippen LogP contribution in [0.2, 0.25) is 0 Å². The molecule has 0 bridgehead atoms. The number of hydrogen-bond acceptors (Lipinski definition) is 4. The van der Waals surface area contributed by atoms with E-state index in [1.54, 1.807) is 6.07 Å². The van der Waals surface area contributed by atoms with Crippen LogP contribution in [0.25, 0.3) is 0 Å². The second-order valence-electron chi connectivity index (χ2n) is 7.83. The van der Waals surface area contributed by atoms with Gasteiger partial charge in [0.2, 0.25) is 0 Å². The van der Waals surface area contributed by atoms with Crippen molar-refractivity contribution in [3.63, 3.8) is 0 Å². The van der Waals surface area contributed by atoms with Crippen LogP contribution in [0.4, 0.5) is 0 Å². The van der Waals surface area contributed by atoms with Crippen molar-refractivity contribution in [2.75, 3.05) is 12.4 Å². The van der Waals surface area contributed by atoms with Crippen molar-refractivity contribution in [2.45, 2.75) is 83.7 Å². The van der Waals surface area contributed by atoms with Gasteiger partial charge >= 0.3 is 0 Å². The summed E-state index contributed by atoms with van der Waals surface area (Å²) in [7, 11) is -3.99. The summed E-state index contributed by atoms with van der Waals surface area (Å²) in [6.45, 7) is 4.38. The maximum Gasteiger partial charge on any atom is 0.268 e. The molecule has 0 fully saturated rings. The largest absolute Gasteiger partial charge is 0.492 e. The maximum absolute atomic E-state index is 10.8. The fourth-order valence-electron chi connectivity index (χ4n) is 3.55. The monoisotopic (exact) mass is 398 g/mol. The van der Waals surface area contributed by atoms with E-state index in [0.29, 0.717) is 5.75 Å². The van der Waals surface area contributed by atoms with Crippen LogP contribution >= 0.6 is 0 Å². The van der Waals surface area contributed by atoms with Crippen LogP contribution in [0.1, 0.15) is 77.2 Å². The van der Waals surface area contributed by atoms with Gasteiger partial charge in [-0.05, 0) is 56.4 Å². The van der Waals surface area contributed by atoms with E-state index < -0.39 is 15.9 Å². The summed E-state index contributed by atoms with van der Waals surface area (Å²) in [6.07, 6.45) is 12.1. The first-order valence-electron chi connectivity index (χ1n) is 10.2. The summed E-state index contributed by atoms with van der Waals surface area (Å²) in [5, 5.41) is 0. The summed E-state index contributed by atoms with van der Waals surface area (Å²) in [6, 6.07) is 5.61. The zero-order valence-corrected chi connectivity index (χ0v) is 17.5. The van der Waals surface area contributed by atoms with E-state index in [9.17, 15) is 8.42 Å². The Bertz CT molecular complexity index is 686. The Kier molecular flexibility index (Phi) is 8.42. The molecule has 0 aromatic heterocycles. The van der Waals surface area contributed by atoms with E-state index in [4.69, 9.17) is 14.0 Å². The molecule has 1 aliphatic rings. The predicted molar refractivity (Wildman–Crippen MR) is 108 cm³/mol. The molecule has 27 heavy (non-hydrogen) atoms. The summed E-state index contributed by atoms with van der Waals surface area (Å²) in [5.41, 5.74) is 0.987. The zero-order valence-electron chi connectivity index (χ0n) is 16.7. The van der Waals surface area contributed by atoms with Gasteiger partial charge in [-0.2, -0.15) is 8.42 Å². The van der Waals surface area contributed by atoms with Gasteiger partial charge in [0.15, 0.2) is 0 Å². The summed E-state index contributed by atoms with van der Waals surface area (Å²) >= 11 is 0. The molecular formula is C21H34O5S. The van der Waals surface area contributed by atoms with Crippen LogP contribution in [0.15, 0.2) is 18.2 Å². The topological polar surface area (TPSA) is 72.8 Å². The quantitative estimate of drug-likeness (QED) is 0.388. The molecule has 2 rings (SSSR count). The first-order chi connectivity index (χ1) is 12.8. The van der Waals surface area contributed by atoms with Gasteiger partial charge in [0.1, 0.15) is 29.5 Å². The molecule has 0 spiro atoms. The Labute approximate surface area is 164 Å². The Morgan fingerprint density at radius 2 is 1.85 bits per heavy atom. The normalized spacial score (nSPS) is 19.4. The highest BCUT2D eigenvalue weighted by Gasteiger charge is 2.31. The molecule has 1 aliphatic heterocycles. The van der Waals surface area contributed by atoms with Gasteiger partial charge in [-0.3, -0.25) is 4.55 Å². The van der Waals surface area contributed by atoms with Crippen LogP contribution in [0.3, 0.4) is 0 Å². The highest BCUT2D eigenvalue weighted by Crippen LogP contribution is 2.37. The summed E-state index contributed by atoms with van der Waals surface area (Å²) in [5.74, 6) is 1.10. The highest BCUT2D eigenvalue weighted by atomic mass is 32.2. The lowest BCUT2D eigenvalue weighted by Crippen LogP contribution is -2.36. The fourth-order valence-corrected chi connectivity index (χ4v) is 3.85. The predicted octanol–water partition coefficient (Wildman–Crippen LogP) is 5.18. The van der Waals surface area contributed by atoms with E-state index in [1.807, 2.05) is 12.1 Å². The SMILES string of the molecule is CCCCCCCCCC1(C)CCc2cc(OCCS(=O)(=O)O)ccc2O1. The van der Waals surface area contributed by atoms with Gasteiger partial charge in [-0.1, -0.05) is 45.4 Å². The average molecular weight is 399 g/mol. The second kappa shape index (κ2) is 10.3. The number of unbranched alkanes of at least 4 members (excludes halogenated alkanes) is 6. The number of benzene rings is 1. The maximum atomic E-state index is 10.8. The van der Waals surface area contributed by atoms with E-state index >= 15 is 0 Å². The molecule has 1 unspecified atom stereocenters. The lowest BCUT2D eigenvalue weighted by molar-refractivity contribution is 0.0533. The number of rotatable bonds is 12. The Morgan fingerprint density at radius 3 is 2.56 bits per heavy atom. The van der Waals surface area contributed by atoms with E-state index in [1.165, 1.54) is 44.9 Å². The molecule has 0 saturated heterocycles. The average Bonchev–Trinajstić information content (AvgIpc) is 2.60. The van der Waals surface area contributed by atoms with Crippen LogP contribution in [0.5, 0.6) is 11.5 Å². The van der Waals surface area contributed by atoms with Crippen molar-refractivity contribution in [3.8, 4) is 11.5 Å². The molecule has 1 atom stereocenters. The minimum absolute atomic E-state index is 0.0611. The Balaban J connectivity index is 1.78. The molecule has 0 amide bonds. The van der Waals surface area contributed by atoms with Crippen molar-refractivity contribution in [3.05, 3.63) is 23.8 Å². The highest BCUT2D eigenvalue weighted by molar-refractivity contribution is 7.85. The molecule has 5 nitrogen and oxygen atoms in total. The van der Waals surface area contributed by atoms with Crippen molar-refractivity contribution < 1.29 is 22.4 Å². The molecule has 0 radical (unpaired) electrons. The number of aryl methyl sites for hydroxylation is 1. The third kappa shape index (κ3) is 8.09. The first-order valence-corrected chi connectivity index (χ1v) is 11.8. The fraction of sp³-hybridized carbons (Fsp3) is 0.714. The van der Waals surface area contributed by atoms with Gasteiger partial charge in [0.25, 0.3) is 10.1 Å². The molecule has 1 aromatic rings. The van der Waals surface area contributed by atoms with E-state index in [2.05, 4.69) is 13.8 Å². The van der Waals surface area contributed by atoms with Gasteiger partial charge in [0, 0.05) is 0 Å². The van der Waals surface area contributed by atoms with Crippen LogP contribution in [0, 0.1) is 0 Å². The van der Waals surface area contributed by atoms with Crippen LogP contribution < -0.4 is 9.47 Å². The third-order valence-electron chi connectivity index (χ3n) is 5.23. The lowest BCUT2D eigenvalue weighted by atomic mass is 9.88. The van der Waals surface area contributed by atoms with Crippen LogP contribution in [-0.2, 0) is 16.5 Å². The molecule has 1 aromatic carbocycles. The third-order valence-corrected chi connectivity index (χ3v) is 5.91. The second-order valence-corrected chi connectivity index (χ2v) is 9.40. The first kappa shape index (κ1) is 22.0. The van der Waals surface area contributed by atoms with Crippen LogP contribution in [-0.4, -0.2) is 30.9 Å². The standard InChI is InChI=1S/C21H34O5S/c1-3-4-5-6-7-8-9-13-21(2)14-12-18-17-19(10-11-20(18)26-21)25-15-16-27(22,23)24/h10-11,17H,3-9,12-16H2,1-2H3,(H,22,23,24). The van der Waals surface area contributed by atoms with Crippen molar-refractivity contribution in [1.29, 1.82) is 0 Å². The summed E-state index contributed by atoms with van der Waals surface area (Å²) < 4.78 is 42.0. The minimum Gasteiger partial charge on any atom is -0.492 e. The summed E-state index contributed by atoms with van der Waals surface area (Å²) in [4.78, 5) is 0. The van der Waals surface area contributed by atoms with Gasteiger partial charge < -0.3 is 9.47 Å². The number of fused-ring (bicyclic) bond motifs is 1. The van der Waals surface area contributed by atoms with E-state index in [-0.39, 0.29) is 12.2 Å². The minimum atomic E-state index is -3.99. The van der Waals surface area contributed by atoms with Crippen molar-refractivity contribution in [2.24, 2.45) is 0 Å². The number of ether oxygens (including phenoxy) is 2. The molecule has 6 heteroatoms. The molecular weight excluding hydrogens is 364 g/mol. The Morgan fingerprint density at radius 1 is 1.15 bits per heavy atom. The van der Waals surface area contributed by atoms with Crippen molar-refractivity contribution >= 4 is 10.1 Å². The molecule has 154 valence electrons. The Hall–Kier alpha value is -1.27.